The Kier molecular flexibility index (Phi) is 4.21. The average Bonchev–Trinajstić information content (AvgIpc) is 3.11. The third-order valence-electron chi connectivity index (χ3n) is 6.11. The highest BCUT2D eigenvalue weighted by atomic mass is 16.3. The summed E-state index contributed by atoms with van der Waals surface area (Å²) in [6, 6.07) is 11.3. The molecule has 1 unspecified atom stereocenters. The molecule has 0 radical (unpaired) electrons. The van der Waals surface area contributed by atoms with Gasteiger partial charge < -0.3 is 10.4 Å². The first kappa shape index (κ1) is 16.5. The van der Waals surface area contributed by atoms with Crippen molar-refractivity contribution < 1.29 is 5.11 Å². The van der Waals surface area contributed by atoms with E-state index in [0.29, 0.717) is 18.7 Å². The number of nitrogens with zero attached hydrogens (tertiary/aromatic N) is 2. The highest BCUT2D eigenvalue weighted by Gasteiger charge is 2.53. The van der Waals surface area contributed by atoms with E-state index in [2.05, 4.69) is 10.3 Å². The van der Waals surface area contributed by atoms with Crippen molar-refractivity contribution in [1.29, 1.82) is 0 Å². The van der Waals surface area contributed by atoms with Gasteiger partial charge in [-0.15, -0.1) is 0 Å². The molecule has 0 bridgehead atoms. The molecule has 5 nitrogen and oxygen atoms in total. The van der Waals surface area contributed by atoms with Crippen molar-refractivity contribution in [2.24, 2.45) is 5.41 Å². The van der Waals surface area contributed by atoms with Gasteiger partial charge >= 0.3 is 0 Å². The quantitative estimate of drug-likeness (QED) is 0.900. The van der Waals surface area contributed by atoms with Crippen molar-refractivity contribution in [1.82, 2.24) is 14.9 Å². The second kappa shape index (κ2) is 6.39. The highest BCUT2D eigenvalue weighted by molar-refractivity contribution is 5.57. The second-order valence-electron chi connectivity index (χ2n) is 7.55. The molecule has 1 atom stereocenters. The van der Waals surface area contributed by atoms with Crippen molar-refractivity contribution in [2.75, 3.05) is 13.1 Å². The molecule has 2 heterocycles. The third kappa shape index (κ3) is 2.92. The molecular weight excluding hydrogens is 314 g/mol. The molecule has 2 N–H and O–H groups in total. The second-order valence-corrected chi connectivity index (χ2v) is 7.55. The van der Waals surface area contributed by atoms with E-state index in [1.807, 2.05) is 30.3 Å². The summed E-state index contributed by atoms with van der Waals surface area (Å²) < 4.78 is 1.58. The minimum absolute atomic E-state index is 0.103. The van der Waals surface area contributed by atoms with E-state index >= 15 is 0 Å². The fourth-order valence-corrected chi connectivity index (χ4v) is 4.59. The van der Waals surface area contributed by atoms with E-state index in [1.165, 1.54) is 0 Å². The number of rotatable bonds is 3. The van der Waals surface area contributed by atoms with Crippen LogP contribution in [0.25, 0.3) is 11.3 Å². The SMILES string of the molecule is O=c1cc(-c2ccccc2)ncn1CC1(O)CCNCC12CCCC2. The maximum Gasteiger partial charge on any atom is 0.253 e. The van der Waals surface area contributed by atoms with Crippen molar-refractivity contribution >= 4 is 0 Å². The molecule has 25 heavy (non-hydrogen) atoms. The van der Waals surface area contributed by atoms with Gasteiger partial charge in [0, 0.05) is 23.6 Å². The Morgan fingerprint density at radius 3 is 2.64 bits per heavy atom. The molecular formula is C20H25N3O2. The molecule has 0 amide bonds. The van der Waals surface area contributed by atoms with Gasteiger partial charge in [-0.1, -0.05) is 43.2 Å². The van der Waals surface area contributed by atoms with Gasteiger partial charge in [0.05, 0.1) is 24.2 Å². The van der Waals surface area contributed by atoms with Gasteiger partial charge in [0.25, 0.3) is 5.56 Å². The minimum atomic E-state index is -0.839. The molecule has 1 aliphatic carbocycles. The van der Waals surface area contributed by atoms with Gasteiger partial charge in [-0.25, -0.2) is 4.98 Å². The lowest BCUT2D eigenvalue weighted by atomic mass is 9.66. The van der Waals surface area contributed by atoms with E-state index in [1.54, 1.807) is 17.0 Å². The van der Waals surface area contributed by atoms with Crippen LogP contribution < -0.4 is 10.9 Å². The number of benzene rings is 1. The first-order chi connectivity index (χ1) is 12.1. The summed E-state index contributed by atoms with van der Waals surface area (Å²) in [6.07, 6.45) is 6.64. The van der Waals surface area contributed by atoms with Gasteiger partial charge in [0.15, 0.2) is 0 Å². The monoisotopic (exact) mass is 339 g/mol. The summed E-state index contributed by atoms with van der Waals surface area (Å²) in [6.45, 7) is 1.96. The molecule has 1 aromatic heterocycles. The Hall–Kier alpha value is -1.98. The van der Waals surface area contributed by atoms with Crippen LogP contribution in [-0.4, -0.2) is 33.3 Å². The van der Waals surface area contributed by atoms with Crippen molar-refractivity contribution in [3.8, 4) is 11.3 Å². The predicted octanol–water partition coefficient (Wildman–Crippen LogP) is 2.20. The first-order valence-corrected chi connectivity index (χ1v) is 9.17. The zero-order valence-electron chi connectivity index (χ0n) is 14.4. The topological polar surface area (TPSA) is 67.2 Å². The van der Waals surface area contributed by atoms with Crippen LogP contribution in [0.5, 0.6) is 0 Å². The van der Waals surface area contributed by atoms with Crippen LogP contribution in [0.1, 0.15) is 32.1 Å². The van der Waals surface area contributed by atoms with Gasteiger partial charge in [0.2, 0.25) is 0 Å². The summed E-state index contributed by atoms with van der Waals surface area (Å²) in [7, 11) is 0. The molecule has 4 rings (SSSR count). The maximum atomic E-state index is 12.6. The van der Waals surface area contributed by atoms with Crippen LogP contribution >= 0.6 is 0 Å². The molecule has 1 aromatic carbocycles. The molecule has 1 saturated carbocycles. The molecule has 1 aliphatic heterocycles. The van der Waals surface area contributed by atoms with Crippen LogP contribution in [0.2, 0.25) is 0 Å². The van der Waals surface area contributed by atoms with Gasteiger partial charge in [0.1, 0.15) is 0 Å². The van der Waals surface area contributed by atoms with Gasteiger partial charge in [-0.2, -0.15) is 0 Å². The average molecular weight is 339 g/mol. The molecule has 5 heteroatoms. The summed E-state index contributed by atoms with van der Waals surface area (Å²) >= 11 is 0. The zero-order chi connectivity index (χ0) is 17.3. The van der Waals surface area contributed by atoms with E-state index in [0.717, 1.165) is 44.3 Å². The Labute approximate surface area is 147 Å². The van der Waals surface area contributed by atoms with Crippen LogP contribution in [-0.2, 0) is 6.54 Å². The van der Waals surface area contributed by atoms with E-state index in [4.69, 9.17) is 0 Å². The zero-order valence-corrected chi connectivity index (χ0v) is 14.4. The van der Waals surface area contributed by atoms with Crippen molar-refractivity contribution in [2.45, 2.75) is 44.2 Å². The smallest absolute Gasteiger partial charge is 0.253 e. The summed E-state index contributed by atoms with van der Waals surface area (Å²) in [5.74, 6) is 0. The van der Waals surface area contributed by atoms with Crippen LogP contribution in [0, 0.1) is 5.41 Å². The van der Waals surface area contributed by atoms with Crippen molar-refractivity contribution in [3.05, 3.63) is 53.1 Å². The first-order valence-electron chi connectivity index (χ1n) is 9.17. The third-order valence-corrected chi connectivity index (χ3v) is 6.11. The molecule has 1 spiro atoms. The lowest BCUT2D eigenvalue weighted by molar-refractivity contribution is -0.115. The fraction of sp³-hybridized carbons (Fsp3) is 0.500. The molecule has 2 aliphatic rings. The van der Waals surface area contributed by atoms with Gasteiger partial charge in [-0.05, 0) is 25.8 Å². The predicted molar refractivity (Wildman–Crippen MR) is 97.3 cm³/mol. The van der Waals surface area contributed by atoms with E-state index in [-0.39, 0.29) is 11.0 Å². The molecule has 2 aromatic rings. The number of hydrogen-bond donors (Lipinski definition) is 2. The normalized spacial score (nSPS) is 25.3. The Morgan fingerprint density at radius 1 is 1.16 bits per heavy atom. The maximum absolute atomic E-state index is 12.6. The van der Waals surface area contributed by atoms with Crippen molar-refractivity contribution in [3.63, 3.8) is 0 Å². The minimum Gasteiger partial charge on any atom is -0.387 e. The summed E-state index contributed by atoms with van der Waals surface area (Å²) in [5.41, 5.74) is 0.556. The lowest BCUT2D eigenvalue weighted by Gasteiger charge is -2.49. The Bertz CT molecular complexity index is 796. The number of aliphatic hydroxyl groups is 1. The van der Waals surface area contributed by atoms with Crippen LogP contribution in [0.15, 0.2) is 47.5 Å². The van der Waals surface area contributed by atoms with Crippen LogP contribution in [0.4, 0.5) is 0 Å². The Balaban J connectivity index is 1.63. The number of piperidine rings is 1. The highest BCUT2D eigenvalue weighted by Crippen LogP contribution is 2.49. The fourth-order valence-electron chi connectivity index (χ4n) is 4.59. The van der Waals surface area contributed by atoms with Gasteiger partial charge in [-0.3, -0.25) is 9.36 Å². The number of hydrogen-bond acceptors (Lipinski definition) is 4. The van der Waals surface area contributed by atoms with Crippen LogP contribution in [0.3, 0.4) is 0 Å². The largest absolute Gasteiger partial charge is 0.387 e. The molecule has 1 saturated heterocycles. The lowest BCUT2D eigenvalue weighted by Crippen LogP contribution is -2.60. The Morgan fingerprint density at radius 2 is 1.92 bits per heavy atom. The number of nitrogens with one attached hydrogen (secondary N) is 1. The van der Waals surface area contributed by atoms with E-state index in [9.17, 15) is 9.90 Å². The molecule has 2 fully saturated rings. The standard InChI is InChI=1S/C20H25N3O2/c24-18-12-17(16-6-2-1-3-7-16)22-15-23(18)14-20(25)10-11-21-13-19(20)8-4-5-9-19/h1-3,6-7,12,15,21,25H,4-5,8-11,13-14H2. The summed E-state index contributed by atoms with van der Waals surface area (Å²) in [5, 5.41) is 14.9. The van der Waals surface area contributed by atoms with E-state index < -0.39 is 5.60 Å². The number of aromatic nitrogens is 2. The molecule has 132 valence electrons. The summed E-state index contributed by atoms with van der Waals surface area (Å²) in [4.78, 5) is 17.1.